The predicted octanol–water partition coefficient (Wildman–Crippen LogP) is 1.52. The van der Waals surface area contributed by atoms with Crippen LogP contribution in [0.2, 0.25) is 0 Å². The molecule has 0 aromatic carbocycles. The number of aromatic nitrogens is 1. The molecule has 0 aliphatic rings. The molecule has 0 amide bonds. The molecule has 0 radical (unpaired) electrons. The van der Waals surface area contributed by atoms with Gasteiger partial charge in [-0.15, -0.1) is 0 Å². The minimum absolute atomic E-state index is 0.265. The standard InChI is InChI=1S/C8H8N2/c1-2-7-3-4-10-8(5-7)6-9/h3-5H,2H2,1H3/i2D2,3D,4D,5D. The quantitative estimate of drug-likeness (QED) is 0.588. The van der Waals surface area contributed by atoms with Crippen molar-refractivity contribution in [3.05, 3.63) is 29.5 Å². The molecule has 0 aliphatic heterocycles. The summed E-state index contributed by atoms with van der Waals surface area (Å²) in [6.45, 7) is 1.18. The smallest absolute Gasteiger partial charge is 0.140 e. The Morgan fingerprint density at radius 2 is 2.80 bits per heavy atom. The van der Waals surface area contributed by atoms with Gasteiger partial charge in [0, 0.05) is 8.91 Å². The average molecular weight is 137 g/mol. The lowest BCUT2D eigenvalue weighted by Gasteiger charge is -1.92. The van der Waals surface area contributed by atoms with Crippen molar-refractivity contribution in [3.8, 4) is 6.07 Å². The zero-order valence-corrected chi connectivity index (χ0v) is 5.39. The zero-order chi connectivity index (χ0) is 11.8. The van der Waals surface area contributed by atoms with Gasteiger partial charge in [-0.05, 0) is 24.0 Å². The molecule has 10 heavy (non-hydrogen) atoms. The first kappa shape index (κ1) is 2.71. The van der Waals surface area contributed by atoms with Crippen LogP contribution in [0.4, 0.5) is 0 Å². The van der Waals surface area contributed by atoms with Crippen LogP contribution in [0.3, 0.4) is 0 Å². The van der Waals surface area contributed by atoms with E-state index in [0.717, 1.165) is 0 Å². The summed E-state index contributed by atoms with van der Waals surface area (Å²) >= 11 is 0. The van der Waals surface area contributed by atoms with Crippen molar-refractivity contribution < 1.29 is 6.85 Å². The summed E-state index contributed by atoms with van der Waals surface area (Å²) in [6.07, 6.45) is -2.42. The van der Waals surface area contributed by atoms with Crippen molar-refractivity contribution in [3.63, 3.8) is 0 Å². The molecule has 1 rings (SSSR count). The van der Waals surface area contributed by atoms with Gasteiger partial charge in [-0.3, -0.25) is 0 Å². The Bertz CT molecular complexity index is 444. The van der Waals surface area contributed by atoms with Gasteiger partial charge in [0.1, 0.15) is 11.8 Å². The van der Waals surface area contributed by atoms with Gasteiger partial charge in [0.25, 0.3) is 0 Å². The van der Waals surface area contributed by atoms with E-state index in [0.29, 0.717) is 0 Å². The van der Waals surface area contributed by atoms with Crippen LogP contribution >= 0.6 is 0 Å². The summed E-state index contributed by atoms with van der Waals surface area (Å²) < 4.78 is 37.1. The van der Waals surface area contributed by atoms with E-state index in [2.05, 4.69) is 4.98 Å². The molecule has 1 heterocycles. The largest absolute Gasteiger partial charge is 0.246 e. The summed E-state index contributed by atoms with van der Waals surface area (Å²) in [6, 6.07) is 0.758. The zero-order valence-electron chi connectivity index (χ0n) is 10.4. The molecule has 0 N–H and O–H groups in total. The second-order valence-corrected chi connectivity index (χ2v) is 1.56. The van der Waals surface area contributed by atoms with Crippen LogP contribution in [0.25, 0.3) is 0 Å². The van der Waals surface area contributed by atoms with Gasteiger partial charge in [0.2, 0.25) is 0 Å². The van der Waals surface area contributed by atoms with E-state index in [-0.39, 0.29) is 11.3 Å². The van der Waals surface area contributed by atoms with Crippen LogP contribution in [-0.4, -0.2) is 4.98 Å². The molecule has 2 nitrogen and oxygen atoms in total. The van der Waals surface area contributed by atoms with Gasteiger partial charge < -0.3 is 0 Å². The van der Waals surface area contributed by atoms with Crippen LogP contribution in [0.5, 0.6) is 0 Å². The predicted molar refractivity (Wildman–Crippen MR) is 38.3 cm³/mol. The summed E-state index contributed by atoms with van der Waals surface area (Å²) in [5.41, 5.74) is -0.587. The SMILES string of the molecule is [2H]c1nc(C#N)c([2H])c(C([2H])([2H])C)c1[2H]. The maximum atomic E-state index is 8.62. The molecular formula is C8H8N2. The third-order valence-corrected chi connectivity index (χ3v) is 0.948. The van der Waals surface area contributed by atoms with E-state index >= 15 is 0 Å². The molecule has 0 spiro atoms. The normalized spacial score (nSPS) is 17.4. The van der Waals surface area contributed by atoms with Gasteiger partial charge in [-0.1, -0.05) is 6.92 Å². The lowest BCUT2D eigenvalue weighted by atomic mass is 10.2. The molecule has 0 bridgehead atoms. The lowest BCUT2D eigenvalue weighted by Crippen LogP contribution is -1.84. The average Bonchev–Trinajstić information content (AvgIpc) is 2.09. The van der Waals surface area contributed by atoms with Gasteiger partial charge >= 0.3 is 0 Å². The minimum atomic E-state index is -1.93. The molecule has 0 atom stereocenters. The van der Waals surface area contributed by atoms with E-state index < -0.39 is 24.6 Å². The fourth-order valence-corrected chi connectivity index (χ4v) is 0.495. The van der Waals surface area contributed by atoms with Crippen LogP contribution < -0.4 is 0 Å². The van der Waals surface area contributed by atoms with E-state index in [4.69, 9.17) is 12.1 Å². The highest BCUT2D eigenvalue weighted by atomic mass is 14.7. The van der Waals surface area contributed by atoms with E-state index in [1.165, 1.54) is 6.92 Å². The first-order valence-electron chi connectivity index (χ1n) is 5.17. The molecule has 0 aliphatic carbocycles. The molecule has 1 aromatic heterocycles. The molecule has 0 unspecified atom stereocenters. The van der Waals surface area contributed by atoms with Gasteiger partial charge in [-0.2, -0.15) is 5.26 Å². The van der Waals surface area contributed by atoms with Crippen molar-refractivity contribution in [2.24, 2.45) is 0 Å². The van der Waals surface area contributed by atoms with E-state index in [9.17, 15) is 0 Å². The fraction of sp³-hybridized carbons (Fsp3) is 0.250. The Hall–Kier alpha value is -1.36. The summed E-state index contributed by atoms with van der Waals surface area (Å²) in [5.74, 6) is 0. The highest BCUT2D eigenvalue weighted by molar-refractivity contribution is 5.25. The molecule has 0 saturated carbocycles. The van der Waals surface area contributed by atoms with Crippen LogP contribution in [0.15, 0.2) is 18.3 Å². The Balaban J connectivity index is 3.64. The van der Waals surface area contributed by atoms with Crippen LogP contribution in [0, 0.1) is 11.3 Å². The Morgan fingerprint density at radius 1 is 2.00 bits per heavy atom. The first-order valence-corrected chi connectivity index (χ1v) is 2.67. The van der Waals surface area contributed by atoms with Crippen molar-refractivity contribution in [1.29, 1.82) is 5.26 Å². The Labute approximate surface area is 67.2 Å². The first-order chi connectivity index (χ1) is 6.79. The summed E-state index contributed by atoms with van der Waals surface area (Å²) in [5, 5.41) is 8.62. The number of pyridine rings is 1. The van der Waals surface area contributed by atoms with Crippen molar-refractivity contribution >= 4 is 0 Å². The Morgan fingerprint density at radius 3 is 3.40 bits per heavy atom. The molecule has 1 aromatic rings. The van der Waals surface area contributed by atoms with Gasteiger partial charge in [0.05, 0.1) is 4.11 Å². The second kappa shape index (κ2) is 2.98. The number of nitrogens with zero attached hydrogens (tertiary/aromatic N) is 2. The van der Waals surface area contributed by atoms with Crippen LogP contribution in [-0.2, 0) is 6.37 Å². The van der Waals surface area contributed by atoms with Gasteiger partial charge in [-0.25, -0.2) is 4.98 Å². The maximum absolute atomic E-state index is 8.62. The number of hydrogen-bond acceptors (Lipinski definition) is 2. The summed E-state index contributed by atoms with van der Waals surface area (Å²) in [7, 11) is 0. The summed E-state index contributed by atoms with van der Waals surface area (Å²) in [4.78, 5) is 3.43. The third-order valence-electron chi connectivity index (χ3n) is 0.948. The maximum Gasteiger partial charge on any atom is 0.140 e. The monoisotopic (exact) mass is 137 g/mol. The molecule has 50 valence electrons. The molecular weight excluding hydrogens is 124 g/mol. The Kier molecular flexibility index (Phi) is 0.807. The minimum Gasteiger partial charge on any atom is -0.246 e. The fourth-order valence-electron chi connectivity index (χ4n) is 0.495. The molecule has 0 saturated heterocycles. The number of nitriles is 1. The molecule has 2 heteroatoms. The third kappa shape index (κ3) is 1.32. The topological polar surface area (TPSA) is 36.7 Å². The molecule has 0 fully saturated rings. The number of rotatable bonds is 1. The van der Waals surface area contributed by atoms with E-state index in [1.54, 1.807) is 6.07 Å². The van der Waals surface area contributed by atoms with Crippen molar-refractivity contribution in [1.82, 2.24) is 4.98 Å². The van der Waals surface area contributed by atoms with Crippen LogP contribution in [0.1, 0.15) is 25.0 Å². The number of hydrogen-bond donors (Lipinski definition) is 0. The highest BCUT2D eigenvalue weighted by Crippen LogP contribution is 2.00. The van der Waals surface area contributed by atoms with E-state index in [1.807, 2.05) is 0 Å². The van der Waals surface area contributed by atoms with Gasteiger partial charge in [0.15, 0.2) is 0 Å². The van der Waals surface area contributed by atoms with Crippen molar-refractivity contribution in [2.45, 2.75) is 13.3 Å². The van der Waals surface area contributed by atoms with Crippen molar-refractivity contribution in [2.75, 3.05) is 0 Å². The lowest BCUT2D eigenvalue weighted by molar-refractivity contribution is 1.11. The highest BCUT2D eigenvalue weighted by Gasteiger charge is 1.91. The second-order valence-electron chi connectivity index (χ2n) is 1.56.